The molecule has 0 bridgehead atoms. The van der Waals surface area contributed by atoms with Gasteiger partial charge in [0, 0.05) is 43.9 Å². The summed E-state index contributed by atoms with van der Waals surface area (Å²) in [4.78, 5) is 36.8. The summed E-state index contributed by atoms with van der Waals surface area (Å²) in [5.74, 6) is -0.760. The van der Waals surface area contributed by atoms with E-state index >= 15 is 0 Å². The van der Waals surface area contributed by atoms with E-state index in [0.717, 1.165) is 45.1 Å². The first kappa shape index (κ1) is 37.1. The minimum atomic E-state index is -1.35. The van der Waals surface area contributed by atoms with Crippen molar-refractivity contribution in [3.8, 4) is 0 Å². The summed E-state index contributed by atoms with van der Waals surface area (Å²) < 4.78 is 0. The van der Waals surface area contributed by atoms with E-state index in [0.29, 0.717) is 13.0 Å². The molecule has 9 heteroatoms. The number of allylic oxidation sites excluding steroid dienone is 2. The van der Waals surface area contributed by atoms with Gasteiger partial charge in [-0.3, -0.25) is 19.8 Å². The Kier molecular flexibility index (Phi) is 20.4. The van der Waals surface area contributed by atoms with Gasteiger partial charge in [0.25, 0.3) is 0 Å². The number of carbonyl (C=O) groups excluding carboxylic acids is 3. The van der Waals surface area contributed by atoms with Crippen LogP contribution in [0.2, 0.25) is 0 Å². The van der Waals surface area contributed by atoms with Gasteiger partial charge in [0.2, 0.25) is 17.7 Å². The Hall–Kier alpha value is -1.97. The molecule has 1 saturated heterocycles. The molecule has 0 aromatic rings. The van der Waals surface area contributed by atoms with Gasteiger partial charge in [-0.05, 0) is 44.9 Å². The maximum absolute atomic E-state index is 12.4. The molecule has 1 aliphatic heterocycles. The number of piperidine rings is 1. The van der Waals surface area contributed by atoms with Crippen molar-refractivity contribution in [2.75, 3.05) is 26.2 Å². The molecule has 0 radical (unpaired) electrons. The molecule has 0 saturated carbocycles. The molecule has 0 aliphatic carbocycles. The minimum absolute atomic E-state index is 0.0293. The lowest BCUT2D eigenvalue weighted by Crippen LogP contribution is -2.54. The molecule has 5 N–H and O–H groups in total. The molecule has 238 valence electrons. The van der Waals surface area contributed by atoms with Crippen molar-refractivity contribution in [2.45, 2.75) is 142 Å². The number of hydrogen-bond acceptors (Lipinski definition) is 6. The van der Waals surface area contributed by atoms with E-state index in [1.807, 2.05) is 5.01 Å². The van der Waals surface area contributed by atoms with Crippen LogP contribution in [-0.4, -0.2) is 71.3 Å². The molecule has 0 aromatic heterocycles. The lowest BCUT2D eigenvalue weighted by molar-refractivity contribution is -0.137. The summed E-state index contributed by atoms with van der Waals surface area (Å²) in [6.45, 7) is 6.54. The normalized spacial score (nSPS) is 17.0. The van der Waals surface area contributed by atoms with E-state index in [1.54, 1.807) is 13.8 Å². The monoisotopic (exact) mass is 580 g/mol. The van der Waals surface area contributed by atoms with Crippen LogP contribution in [0, 0.1) is 5.41 Å². The highest BCUT2D eigenvalue weighted by molar-refractivity contribution is 5.82. The molecule has 9 nitrogen and oxygen atoms in total. The van der Waals surface area contributed by atoms with Crippen molar-refractivity contribution in [1.82, 2.24) is 21.1 Å². The van der Waals surface area contributed by atoms with E-state index in [1.165, 1.54) is 57.8 Å². The fourth-order valence-electron chi connectivity index (χ4n) is 4.92. The van der Waals surface area contributed by atoms with Crippen molar-refractivity contribution < 1.29 is 24.6 Å². The lowest BCUT2D eigenvalue weighted by Gasteiger charge is -2.33. The van der Waals surface area contributed by atoms with Crippen LogP contribution in [0.3, 0.4) is 0 Å². The Morgan fingerprint density at radius 3 is 2.15 bits per heavy atom. The Morgan fingerprint density at radius 1 is 0.902 bits per heavy atom. The predicted molar refractivity (Wildman–Crippen MR) is 165 cm³/mol. The number of nitrogens with one attached hydrogen (secondary N) is 3. The summed E-state index contributed by atoms with van der Waals surface area (Å²) >= 11 is 0. The number of unbranched alkanes of at least 4 members (excludes halogenated alkanes) is 11. The topological polar surface area (TPSA) is 131 Å². The van der Waals surface area contributed by atoms with Gasteiger partial charge in [-0.15, -0.1) is 0 Å². The average molecular weight is 581 g/mol. The quantitative estimate of drug-likeness (QED) is 0.0892. The Balaban J connectivity index is 2.08. The zero-order chi connectivity index (χ0) is 30.3. The third-order valence-corrected chi connectivity index (χ3v) is 7.78. The van der Waals surface area contributed by atoms with Crippen LogP contribution in [0.5, 0.6) is 0 Å². The second kappa shape index (κ2) is 22.6. The van der Waals surface area contributed by atoms with Gasteiger partial charge in [0.05, 0.1) is 6.61 Å². The van der Waals surface area contributed by atoms with Crippen molar-refractivity contribution in [2.24, 2.45) is 5.41 Å². The van der Waals surface area contributed by atoms with E-state index in [2.05, 4.69) is 35.1 Å². The molecule has 1 aliphatic rings. The lowest BCUT2D eigenvalue weighted by atomic mass is 9.87. The Morgan fingerprint density at radius 2 is 1.51 bits per heavy atom. The number of aliphatic hydroxyl groups is 2. The second-order valence-corrected chi connectivity index (χ2v) is 12.3. The molecular formula is C32H60N4O5. The Labute approximate surface area is 249 Å². The third kappa shape index (κ3) is 18.2. The summed E-state index contributed by atoms with van der Waals surface area (Å²) in [6.07, 6.45) is 21.7. The van der Waals surface area contributed by atoms with Gasteiger partial charge in [-0.25, -0.2) is 5.01 Å². The highest BCUT2D eigenvalue weighted by Crippen LogP contribution is 2.19. The van der Waals surface area contributed by atoms with Crippen LogP contribution >= 0.6 is 0 Å². The third-order valence-electron chi connectivity index (χ3n) is 7.78. The van der Waals surface area contributed by atoms with Crippen LogP contribution in [0.4, 0.5) is 0 Å². The number of amides is 3. The van der Waals surface area contributed by atoms with Crippen molar-refractivity contribution in [3.63, 3.8) is 0 Å². The number of rotatable bonds is 23. The average Bonchev–Trinajstić information content (AvgIpc) is 2.94. The van der Waals surface area contributed by atoms with Crippen LogP contribution in [0.25, 0.3) is 0 Å². The van der Waals surface area contributed by atoms with Gasteiger partial charge in [0.1, 0.15) is 6.10 Å². The van der Waals surface area contributed by atoms with Crippen molar-refractivity contribution >= 4 is 17.7 Å². The first-order valence-corrected chi connectivity index (χ1v) is 16.2. The van der Waals surface area contributed by atoms with Crippen LogP contribution < -0.4 is 16.1 Å². The predicted octanol–water partition coefficient (Wildman–Crippen LogP) is 4.52. The maximum atomic E-state index is 12.4. The summed E-state index contributed by atoms with van der Waals surface area (Å²) in [7, 11) is 0. The second-order valence-electron chi connectivity index (χ2n) is 12.3. The number of aliphatic hydroxyl groups excluding tert-OH is 2. The standard InChI is InChI=1S/C32H60N4O5/c1-4-5-6-7-8-9-10-11-12-13-14-15-16-17-18-21-29(39)35-36-24-19-20-27(25-36)34-28(38)22-23-33-31(41)30(40)32(2,3)26-37/h11-12,27,30,37,40H,4-10,13-26H2,1-3H3,(H,33,41)(H,34,38)(H,35,39)/b12-11+. The van der Waals surface area contributed by atoms with E-state index < -0.39 is 17.4 Å². The van der Waals surface area contributed by atoms with Gasteiger partial charge in [-0.1, -0.05) is 84.3 Å². The number of hydrogen-bond donors (Lipinski definition) is 5. The van der Waals surface area contributed by atoms with Gasteiger partial charge >= 0.3 is 0 Å². The van der Waals surface area contributed by atoms with Crippen LogP contribution in [0.15, 0.2) is 12.2 Å². The van der Waals surface area contributed by atoms with Crippen LogP contribution in [0.1, 0.15) is 130 Å². The molecule has 41 heavy (non-hydrogen) atoms. The fraction of sp³-hybridized carbons (Fsp3) is 0.844. The van der Waals surface area contributed by atoms with Gasteiger partial charge in [-0.2, -0.15) is 0 Å². The van der Waals surface area contributed by atoms with Crippen molar-refractivity contribution in [3.05, 3.63) is 12.2 Å². The molecule has 1 fully saturated rings. The van der Waals surface area contributed by atoms with Crippen LogP contribution in [-0.2, 0) is 14.4 Å². The molecule has 0 spiro atoms. The summed E-state index contributed by atoms with van der Waals surface area (Å²) in [5, 5.41) is 26.7. The first-order chi connectivity index (χ1) is 19.7. The zero-order valence-corrected chi connectivity index (χ0v) is 26.2. The molecule has 2 atom stereocenters. The molecular weight excluding hydrogens is 520 g/mol. The Bertz CT molecular complexity index is 758. The molecule has 1 rings (SSSR count). The SMILES string of the molecule is CCCCCCCC/C=C/CCCCCCCC(=O)NN1CCCC(NC(=O)CCNC(=O)C(O)C(C)(C)CO)C1. The largest absolute Gasteiger partial charge is 0.396 e. The van der Waals surface area contributed by atoms with E-state index in [9.17, 15) is 24.6 Å². The highest BCUT2D eigenvalue weighted by atomic mass is 16.3. The summed E-state index contributed by atoms with van der Waals surface area (Å²) in [6, 6.07) is -0.0639. The molecule has 1 heterocycles. The minimum Gasteiger partial charge on any atom is -0.396 e. The first-order valence-electron chi connectivity index (χ1n) is 16.2. The van der Waals surface area contributed by atoms with Gasteiger partial charge < -0.3 is 20.8 Å². The van der Waals surface area contributed by atoms with E-state index in [4.69, 9.17) is 0 Å². The molecule has 3 amide bonds. The van der Waals surface area contributed by atoms with E-state index in [-0.39, 0.29) is 37.4 Å². The van der Waals surface area contributed by atoms with Crippen molar-refractivity contribution in [1.29, 1.82) is 0 Å². The smallest absolute Gasteiger partial charge is 0.249 e. The highest BCUT2D eigenvalue weighted by Gasteiger charge is 2.32. The fourth-order valence-corrected chi connectivity index (χ4v) is 4.92. The number of carbonyl (C=O) groups is 3. The number of nitrogens with zero attached hydrogens (tertiary/aromatic N) is 1. The van der Waals surface area contributed by atoms with Gasteiger partial charge in [0.15, 0.2) is 0 Å². The zero-order valence-electron chi connectivity index (χ0n) is 26.2. The molecule has 0 aromatic carbocycles. The molecule has 2 unspecified atom stereocenters. The summed E-state index contributed by atoms with van der Waals surface area (Å²) in [5.41, 5.74) is 2.04. The number of hydrazine groups is 1. The maximum Gasteiger partial charge on any atom is 0.249 e.